The Kier molecular flexibility index (Phi) is 4.95. The lowest BCUT2D eigenvalue weighted by molar-refractivity contribution is 0.470. The lowest BCUT2D eigenvalue weighted by atomic mass is 10.2. The van der Waals surface area contributed by atoms with Crippen LogP contribution in [0.2, 0.25) is 0 Å². The summed E-state index contributed by atoms with van der Waals surface area (Å²) in [5.41, 5.74) is 1.12. The fraction of sp³-hybridized carbons (Fsp3) is 0.214. The maximum Gasteiger partial charge on any atom is 0.150 e. The van der Waals surface area contributed by atoms with Crippen LogP contribution in [0, 0.1) is 3.57 Å². The number of hydrogen-bond acceptors (Lipinski definition) is 3. The SMILES string of the molecule is CCNCc1ccncc1Oc1cccc(I)c1. The lowest BCUT2D eigenvalue weighted by Gasteiger charge is -2.11. The van der Waals surface area contributed by atoms with E-state index in [9.17, 15) is 0 Å². The highest BCUT2D eigenvalue weighted by molar-refractivity contribution is 14.1. The minimum absolute atomic E-state index is 0.790. The summed E-state index contributed by atoms with van der Waals surface area (Å²) < 4.78 is 7.03. The molecule has 4 heteroatoms. The molecule has 1 aromatic heterocycles. The Morgan fingerprint density at radius 3 is 3.00 bits per heavy atom. The molecule has 0 amide bonds. The lowest BCUT2D eigenvalue weighted by Crippen LogP contribution is -2.12. The molecule has 18 heavy (non-hydrogen) atoms. The van der Waals surface area contributed by atoms with Gasteiger partial charge in [0.25, 0.3) is 0 Å². The number of rotatable bonds is 5. The summed E-state index contributed by atoms with van der Waals surface area (Å²) in [4.78, 5) is 4.12. The van der Waals surface area contributed by atoms with Crippen molar-refractivity contribution >= 4 is 22.6 Å². The molecule has 3 nitrogen and oxygen atoms in total. The highest BCUT2D eigenvalue weighted by atomic mass is 127. The third kappa shape index (κ3) is 3.68. The number of nitrogens with one attached hydrogen (secondary N) is 1. The van der Waals surface area contributed by atoms with Crippen LogP contribution in [0.4, 0.5) is 0 Å². The molecule has 0 saturated heterocycles. The Bertz CT molecular complexity index is 517. The summed E-state index contributed by atoms with van der Waals surface area (Å²) in [5, 5.41) is 3.29. The van der Waals surface area contributed by atoms with Crippen molar-refractivity contribution in [2.45, 2.75) is 13.5 Å². The zero-order valence-corrected chi connectivity index (χ0v) is 12.3. The molecular formula is C14H15IN2O. The molecule has 0 bridgehead atoms. The molecule has 1 heterocycles. The Hall–Kier alpha value is -1.14. The first-order valence-electron chi connectivity index (χ1n) is 5.86. The molecule has 0 atom stereocenters. The summed E-state index contributed by atoms with van der Waals surface area (Å²) >= 11 is 2.27. The molecule has 0 aliphatic rings. The fourth-order valence-corrected chi connectivity index (χ4v) is 2.08. The number of halogens is 1. The quantitative estimate of drug-likeness (QED) is 0.834. The fourth-order valence-electron chi connectivity index (χ4n) is 1.56. The van der Waals surface area contributed by atoms with Gasteiger partial charge in [-0.3, -0.25) is 4.98 Å². The van der Waals surface area contributed by atoms with Crippen molar-refractivity contribution in [1.82, 2.24) is 10.3 Å². The second kappa shape index (κ2) is 6.70. The van der Waals surface area contributed by atoms with E-state index in [1.54, 1.807) is 12.4 Å². The number of aromatic nitrogens is 1. The van der Waals surface area contributed by atoms with Gasteiger partial charge in [-0.2, -0.15) is 0 Å². The molecule has 1 aromatic carbocycles. The predicted octanol–water partition coefficient (Wildman–Crippen LogP) is 3.59. The van der Waals surface area contributed by atoms with Crippen LogP contribution >= 0.6 is 22.6 Å². The van der Waals surface area contributed by atoms with Gasteiger partial charge in [0.15, 0.2) is 0 Å². The van der Waals surface area contributed by atoms with Gasteiger partial charge in [0, 0.05) is 21.9 Å². The van der Waals surface area contributed by atoms with Gasteiger partial charge in [0.2, 0.25) is 0 Å². The van der Waals surface area contributed by atoms with Gasteiger partial charge < -0.3 is 10.1 Å². The Balaban J connectivity index is 2.17. The predicted molar refractivity (Wildman–Crippen MR) is 80.9 cm³/mol. The van der Waals surface area contributed by atoms with Gasteiger partial charge >= 0.3 is 0 Å². The summed E-state index contributed by atoms with van der Waals surface area (Å²) in [6.07, 6.45) is 3.54. The highest BCUT2D eigenvalue weighted by Gasteiger charge is 2.04. The summed E-state index contributed by atoms with van der Waals surface area (Å²) in [6, 6.07) is 9.95. The van der Waals surface area contributed by atoms with Crippen molar-refractivity contribution < 1.29 is 4.74 Å². The first kappa shape index (κ1) is 13.3. The minimum Gasteiger partial charge on any atom is -0.455 e. The highest BCUT2D eigenvalue weighted by Crippen LogP contribution is 2.25. The standard InChI is InChI=1S/C14H15IN2O/c1-2-16-9-11-6-7-17-10-14(11)18-13-5-3-4-12(15)8-13/h3-8,10,16H,2,9H2,1H3. The van der Waals surface area contributed by atoms with Crippen LogP contribution < -0.4 is 10.1 Å². The monoisotopic (exact) mass is 354 g/mol. The Morgan fingerprint density at radius 2 is 2.22 bits per heavy atom. The first-order valence-corrected chi connectivity index (χ1v) is 6.94. The van der Waals surface area contributed by atoms with E-state index in [0.29, 0.717) is 0 Å². The Morgan fingerprint density at radius 1 is 1.33 bits per heavy atom. The number of pyridine rings is 1. The van der Waals surface area contributed by atoms with E-state index in [1.807, 2.05) is 30.3 Å². The molecule has 2 aromatic rings. The molecular weight excluding hydrogens is 339 g/mol. The van der Waals surface area contributed by atoms with E-state index in [0.717, 1.165) is 33.7 Å². The van der Waals surface area contributed by atoms with E-state index in [1.165, 1.54) is 0 Å². The Labute approximate surface area is 121 Å². The van der Waals surface area contributed by atoms with E-state index >= 15 is 0 Å². The van der Waals surface area contributed by atoms with Crippen molar-refractivity contribution in [1.29, 1.82) is 0 Å². The van der Waals surface area contributed by atoms with Gasteiger partial charge in [-0.1, -0.05) is 13.0 Å². The van der Waals surface area contributed by atoms with Crippen molar-refractivity contribution in [3.8, 4) is 11.5 Å². The van der Waals surface area contributed by atoms with Crippen LogP contribution in [0.1, 0.15) is 12.5 Å². The second-order valence-corrected chi connectivity index (χ2v) is 5.07. The summed E-state index contributed by atoms with van der Waals surface area (Å²) in [6.45, 7) is 3.81. The van der Waals surface area contributed by atoms with Crippen LogP contribution in [0.5, 0.6) is 11.5 Å². The average molecular weight is 354 g/mol. The van der Waals surface area contributed by atoms with Crippen LogP contribution in [0.3, 0.4) is 0 Å². The number of hydrogen-bond donors (Lipinski definition) is 1. The zero-order chi connectivity index (χ0) is 12.8. The minimum atomic E-state index is 0.790. The van der Waals surface area contributed by atoms with E-state index in [-0.39, 0.29) is 0 Å². The third-order valence-electron chi connectivity index (χ3n) is 2.46. The van der Waals surface area contributed by atoms with E-state index < -0.39 is 0 Å². The van der Waals surface area contributed by atoms with Gasteiger partial charge in [-0.15, -0.1) is 0 Å². The van der Waals surface area contributed by atoms with Gasteiger partial charge in [0.05, 0.1) is 6.20 Å². The molecule has 0 aliphatic carbocycles. The number of ether oxygens (including phenoxy) is 1. The molecule has 0 aliphatic heterocycles. The van der Waals surface area contributed by atoms with Crippen LogP contribution in [0.15, 0.2) is 42.7 Å². The molecule has 0 spiro atoms. The molecule has 2 rings (SSSR count). The van der Waals surface area contributed by atoms with Crippen LogP contribution in [0.25, 0.3) is 0 Å². The maximum absolute atomic E-state index is 5.88. The molecule has 0 saturated carbocycles. The zero-order valence-electron chi connectivity index (χ0n) is 10.2. The maximum atomic E-state index is 5.88. The van der Waals surface area contributed by atoms with Crippen molar-refractivity contribution in [3.05, 3.63) is 51.9 Å². The van der Waals surface area contributed by atoms with Gasteiger partial charge in [0.1, 0.15) is 11.5 Å². The molecule has 1 N–H and O–H groups in total. The molecule has 0 unspecified atom stereocenters. The molecule has 0 fully saturated rings. The third-order valence-corrected chi connectivity index (χ3v) is 3.13. The van der Waals surface area contributed by atoms with Crippen molar-refractivity contribution in [2.24, 2.45) is 0 Å². The first-order chi connectivity index (χ1) is 8.79. The van der Waals surface area contributed by atoms with Crippen molar-refractivity contribution in [3.63, 3.8) is 0 Å². The van der Waals surface area contributed by atoms with Gasteiger partial charge in [-0.05, 0) is 53.4 Å². The number of nitrogens with zero attached hydrogens (tertiary/aromatic N) is 1. The molecule has 94 valence electrons. The summed E-state index contributed by atoms with van der Waals surface area (Å²) in [5.74, 6) is 1.65. The smallest absolute Gasteiger partial charge is 0.150 e. The average Bonchev–Trinajstić information content (AvgIpc) is 2.38. The number of benzene rings is 1. The van der Waals surface area contributed by atoms with Crippen molar-refractivity contribution in [2.75, 3.05) is 6.54 Å². The van der Waals surface area contributed by atoms with Crippen LogP contribution in [-0.4, -0.2) is 11.5 Å². The second-order valence-electron chi connectivity index (χ2n) is 3.82. The normalized spacial score (nSPS) is 10.3. The molecule has 0 radical (unpaired) electrons. The van der Waals surface area contributed by atoms with E-state index in [2.05, 4.69) is 39.8 Å². The van der Waals surface area contributed by atoms with Crippen LogP contribution in [-0.2, 0) is 6.54 Å². The van der Waals surface area contributed by atoms with E-state index in [4.69, 9.17) is 4.74 Å². The summed E-state index contributed by atoms with van der Waals surface area (Å²) in [7, 11) is 0. The topological polar surface area (TPSA) is 34.2 Å². The van der Waals surface area contributed by atoms with Gasteiger partial charge in [-0.25, -0.2) is 0 Å². The largest absolute Gasteiger partial charge is 0.455 e.